The number of hydrogen-bond donors (Lipinski definition) is 1. The van der Waals surface area contributed by atoms with Gasteiger partial charge in [-0.25, -0.2) is 4.79 Å². The van der Waals surface area contributed by atoms with Crippen molar-refractivity contribution in [3.8, 4) is 0 Å². The molecule has 1 aliphatic heterocycles. The van der Waals surface area contributed by atoms with Crippen LogP contribution < -0.4 is 5.32 Å². The van der Waals surface area contributed by atoms with Crippen LogP contribution in [0.3, 0.4) is 0 Å². The summed E-state index contributed by atoms with van der Waals surface area (Å²) in [4.78, 5) is 51.2. The molecule has 1 heterocycles. The van der Waals surface area contributed by atoms with Crippen LogP contribution in [0.25, 0.3) is 0 Å². The Labute approximate surface area is 176 Å². The van der Waals surface area contributed by atoms with Gasteiger partial charge in [0.15, 0.2) is 6.61 Å². The van der Waals surface area contributed by atoms with E-state index in [1.807, 2.05) is 18.2 Å². The second-order valence-corrected chi connectivity index (χ2v) is 8.54. The van der Waals surface area contributed by atoms with Crippen LogP contribution >= 0.6 is 0 Å². The molecule has 1 saturated carbocycles. The minimum absolute atomic E-state index is 0.0940. The third-order valence-corrected chi connectivity index (χ3v) is 6.65. The maximum absolute atomic E-state index is 12.6. The number of benzene rings is 1. The molecular weight excluding hydrogens is 384 g/mol. The number of ether oxygens (including phenoxy) is 1. The molecule has 4 rings (SSSR count). The van der Waals surface area contributed by atoms with Crippen LogP contribution in [-0.4, -0.2) is 41.2 Å². The van der Waals surface area contributed by atoms with E-state index in [1.165, 1.54) is 12.5 Å². The standard InChI is InChI=1S/C23H28N2O5/c1-14(25-21(27)17-10-4-5-11-18(17)22(25)28)23(29)30-13-20(26)24-19-12-6-8-15-7-2-3-9-16(15)19/h2-3,7,9,14,17-19H,4-6,8,10-13H2,1H3,(H,24,26)/t14-,17-,18-,19+/m0/s1. The summed E-state index contributed by atoms with van der Waals surface area (Å²) in [6, 6.07) is 6.91. The molecule has 1 N–H and O–H groups in total. The molecule has 1 aromatic rings. The highest BCUT2D eigenvalue weighted by molar-refractivity contribution is 6.07. The number of nitrogens with one attached hydrogen (secondary N) is 1. The largest absolute Gasteiger partial charge is 0.454 e. The van der Waals surface area contributed by atoms with Crippen molar-refractivity contribution in [2.45, 2.75) is 64.0 Å². The Bertz CT molecular complexity index is 843. The number of carbonyl (C=O) groups excluding carboxylic acids is 4. The smallest absolute Gasteiger partial charge is 0.329 e. The molecule has 30 heavy (non-hydrogen) atoms. The normalized spacial score (nSPS) is 26.6. The van der Waals surface area contributed by atoms with E-state index in [4.69, 9.17) is 4.74 Å². The van der Waals surface area contributed by atoms with Gasteiger partial charge < -0.3 is 10.1 Å². The van der Waals surface area contributed by atoms with Crippen molar-refractivity contribution in [3.05, 3.63) is 35.4 Å². The van der Waals surface area contributed by atoms with Crippen molar-refractivity contribution in [2.24, 2.45) is 11.8 Å². The number of fused-ring (bicyclic) bond motifs is 2. The monoisotopic (exact) mass is 412 g/mol. The summed E-state index contributed by atoms with van der Waals surface area (Å²) in [6.07, 6.45) is 6.06. The molecule has 7 heteroatoms. The summed E-state index contributed by atoms with van der Waals surface area (Å²) in [6.45, 7) is 1.07. The van der Waals surface area contributed by atoms with Crippen molar-refractivity contribution in [1.29, 1.82) is 0 Å². The Kier molecular flexibility index (Phi) is 5.88. The summed E-state index contributed by atoms with van der Waals surface area (Å²) in [7, 11) is 0. The first kappa shape index (κ1) is 20.6. The highest BCUT2D eigenvalue weighted by Crippen LogP contribution is 2.39. The molecule has 3 amide bonds. The molecule has 0 bridgehead atoms. The van der Waals surface area contributed by atoms with Crippen molar-refractivity contribution in [3.63, 3.8) is 0 Å². The van der Waals surface area contributed by atoms with E-state index < -0.39 is 18.6 Å². The second kappa shape index (κ2) is 8.58. The molecule has 2 aliphatic carbocycles. The summed E-state index contributed by atoms with van der Waals surface area (Å²) in [5.41, 5.74) is 2.33. The van der Waals surface area contributed by atoms with Crippen LogP contribution in [0.5, 0.6) is 0 Å². The lowest BCUT2D eigenvalue weighted by Crippen LogP contribution is -2.45. The minimum Gasteiger partial charge on any atom is -0.454 e. The molecule has 4 atom stereocenters. The number of rotatable bonds is 5. The third kappa shape index (κ3) is 3.85. The van der Waals surface area contributed by atoms with E-state index in [2.05, 4.69) is 11.4 Å². The van der Waals surface area contributed by atoms with E-state index in [-0.39, 0.29) is 35.6 Å². The maximum atomic E-state index is 12.6. The van der Waals surface area contributed by atoms with Crippen molar-refractivity contribution in [2.75, 3.05) is 6.61 Å². The van der Waals surface area contributed by atoms with Gasteiger partial charge in [-0.1, -0.05) is 37.1 Å². The van der Waals surface area contributed by atoms with Gasteiger partial charge in [0.2, 0.25) is 11.8 Å². The molecule has 7 nitrogen and oxygen atoms in total. The van der Waals surface area contributed by atoms with Crippen LogP contribution in [0.15, 0.2) is 24.3 Å². The fourth-order valence-electron chi connectivity index (χ4n) is 5.07. The summed E-state index contributed by atoms with van der Waals surface area (Å²) in [5.74, 6) is -2.29. The van der Waals surface area contributed by atoms with Crippen molar-refractivity contribution < 1.29 is 23.9 Å². The highest BCUT2D eigenvalue weighted by Gasteiger charge is 2.51. The number of amides is 3. The summed E-state index contributed by atoms with van der Waals surface area (Å²) >= 11 is 0. The Balaban J connectivity index is 1.32. The van der Waals surface area contributed by atoms with Crippen molar-refractivity contribution in [1.82, 2.24) is 10.2 Å². The van der Waals surface area contributed by atoms with E-state index in [9.17, 15) is 19.2 Å². The average molecular weight is 412 g/mol. The summed E-state index contributed by atoms with van der Waals surface area (Å²) < 4.78 is 5.16. The zero-order valence-corrected chi connectivity index (χ0v) is 17.3. The van der Waals surface area contributed by atoms with Gasteiger partial charge in [-0.3, -0.25) is 19.3 Å². The predicted octanol–water partition coefficient (Wildman–Crippen LogP) is 2.29. The molecule has 2 fully saturated rings. The van der Waals surface area contributed by atoms with Gasteiger partial charge in [-0.05, 0) is 50.2 Å². The number of carbonyl (C=O) groups is 4. The topological polar surface area (TPSA) is 92.8 Å². The van der Waals surface area contributed by atoms with E-state index in [1.54, 1.807) is 0 Å². The molecule has 0 aromatic heterocycles. The Hall–Kier alpha value is -2.70. The molecule has 3 aliphatic rings. The Morgan fingerprint density at radius 2 is 1.73 bits per heavy atom. The van der Waals surface area contributed by atoms with Gasteiger partial charge in [0.25, 0.3) is 5.91 Å². The molecule has 160 valence electrons. The molecule has 0 spiro atoms. The quantitative estimate of drug-likeness (QED) is 0.592. The molecule has 0 unspecified atom stereocenters. The molecule has 1 saturated heterocycles. The Morgan fingerprint density at radius 1 is 1.07 bits per heavy atom. The second-order valence-electron chi connectivity index (χ2n) is 8.54. The minimum atomic E-state index is -1.01. The number of likely N-dealkylation sites (tertiary alicyclic amines) is 1. The first-order valence-corrected chi connectivity index (χ1v) is 10.9. The van der Waals surface area contributed by atoms with Crippen molar-refractivity contribution >= 4 is 23.7 Å². The predicted molar refractivity (Wildman–Crippen MR) is 108 cm³/mol. The first-order valence-electron chi connectivity index (χ1n) is 10.9. The van der Waals surface area contributed by atoms with E-state index >= 15 is 0 Å². The zero-order valence-electron chi connectivity index (χ0n) is 17.3. The first-order chi connectivity index (χ1) is 14.5. The third-order valence-electron chi connectivity index (χ3n) is 6.65. The lowest BCUT2D eigenvalue weighted by atomic mass is 9.81. The maximum Gasteiger partial charge on any atom is 0.329 e. The number of aryl methyl sites for hydroxylation is 1. The fraction of sp³-hybridized carbons (Fsp3) is 0.565. The van der Waals surface area contributed by atoms with Crippen LogP contribution in [0.4, 0.5) is 0 Å². The fourth-order valence-corrected chi connectivity index (χ4v) is 5.07. The number of imide groups is 1. The lowest BCUT2D eigenvalue weighted by molar-refractivity contribution is -0.159. The lowest BCUT2D eigenvalue weighted by Gasteiger charge is -2.26. The summed E-state index contributed by atoms with van der Waals surface area (Å²) in [5, 5.41) is 2.93. The number of hydrogen-bond acceptors (Lipinski definition) is 5. The van der Waals surface area contributed by atoms with Crippen LogP contribution in [0.2, 0.25) is 0 Å². The SMILES string of the molecule is C[C@@H](C(=O)OCC(=O)N[C@@H]1CCCc2ccccc21)N1C(=O)[C@H]2CCCC[C@@H]2C1=O. The van der Waals surface area contributed by atoms with Crippen LogP contribution in [-0.2, 0) is 30.3 Å². The van der Waals surface area contributed by atoms with Gasteiger partial charge in [0.1, 0.15) is 6.04 Å². The van der Waals surface area contributed by atoms with Crippen LogP contribution in [0.1, 0.15) is 62.6 Å². The molecule has 0 radical (unpaired) electrons. The Morgan fingerprint density at radius 3 is 2.43 bits per heavy atom. The van der Waals surface area contributed by atoms with Gasteiger partial charge in [0.05, 0.1) is 17.9 Å². The zero-order chi connectivity index (χ0) is 21.3. The molecular formula is C23H28N2O5. The van der Waals surface area contributed by atoms with Crippen LogP contribution in [0, 0.1) is 11.8 Å². The highest BCUT2D eigenvalue weighted by atomic mass is 16.5. The van der Waals surface area contributed by atoms with Gasteiger partial charge in [-0.15, -0.1) is 0 Å². The van der Waals surface area contributed by atoms with E-state index in [0.717, 1.165) is 42.6 Å². The molecule has 1 aromatic carbocycles. The van der Waals surface area contributed by atoms with Gasteiger partial charge >= 0.3 is 5.97 Å². The average Bonchev–Trinajstić information content (AvgIpc) is 3.02. The van der Waals surface area contributed by atoms with Gasteiger partial charge in [0, 0.05) is 0 Å². The van der Waals surface area contributed by atoms with Gasteiger partial charge in [-0.2, -0.15) is 0 Å². The number of nitrogens with zero attached hydrogens (tertiary/aromatic N) is 1. The number of esters is 1. The van der Waals surface area contributed by atoms with E-state index in [0.29, 0.717) is 12.8 Å².